The molecule has 2 heterocycles. The Morgan fingerprint density at radius 2 is 1.68 bits per heavy atom. The van der Waals surface area contributed by atoms with Gasteiger partial charge in [0.25, 0.3) is 0 Å². The van der Waals surface area contributed by atoms with E-state index < -0.39 is 0 Å². The van der Waals surface area contributed by atoms with Crippen molar-refractivity contribution in [2.24, 2.45) is 5.41 Å². The highest BCUT2D eigenvalue weighted by atomic mass is 16.5. The van der Waals surface area contributed by atoms with Crippen LogP contribution < -0.4 is 9.47 Å². The third-order valence-electron chi connectivity index (χ3n) is 5.97. The van der Waals surface area contributed by atoms with Crippen molar-refractivity contribution < 1.29 is 14.2 Å². The number of hydrogen-bond acceptors (Lipinski definition) is 5. The van der Waals surface area contributed by atoms with E-state index in [9.17, 15) is 0 Å². The van der Waals surface area contributed by atoms with Crippen LogP contribution >= 0.6 is 0 Å². The predicted octanol–water partition coefficient (Wildman–Crippen LogP) is 2.64. The summed E-state index contributed by atoms with van der Waals surface area (Å²) >= 11 is 0. The first-order valence-corrected chi connectivity index (χ1v) is 9.21. The van der Waals surface area contributed by atoms with Gasteiger partial charge >= 0.3 is 0 Å². The zero-order valence-corrected chi connectivity index (χ0v) is 16.1. The van der Waals surface area contributed by atoms with Crippen LogP contribution in [0.5, 0.6) is 11.5 Å². The van der Waals surface area contributed by atoms with Gasteiger partial charge in [-0.25, -0.2) is 0 Å². The highest BCUT2D eigenvalue weighted by Gasteiger charge is 2.43. The molecular formula is C20H32N2O3. The first-order chi connectivity index (χ1) is 12.1. The average Bonchev–Trinajstić information content (AvgIpc) is 2.92. The van der Waals surface area contributed by atoms with E-state index in [0.29, 0.717) is 11.5 Å². The van der Waals surface area contributed by atoms with Crippen LogP contribution in [-0.4, -0.2) is 70.5 Å². The van der Waals surface area contributed by atoms with E-state index in [2.05, 4.69) is 29.0 Å². The maximum atomic E-state index is 5.40. The van der Waals surface area contributed by atoms with Gasteiger partial charge in [0, 0.05) is 32.3 Å². The monoisotopic (exact) mass is 348 g/mol. The summed E-state index contributed by atoms with van der Waals surface area (Å²) in [5.74, 6) is 1.73. The Balaban J connectivity index is 1.58. The molecule has 2 aliphatic heterocycles. The molecule has 3 rings (SSSR count). The molecule has 0 N–H and O–H groups in total. The third-order valence-corrected chi connectivity index (χ3v) is 5.97. The molecule has 25 heavy (non-hydrogen) atoms. The first-order valence-electron chi connectivity index (χ1n) is 9.21. The highest BCUT2D eigenvalue weighted by molar-refractivity contribution is 5.38. The number of benzene rings is 1. The minimum absolute atomic E-state index is 0.487. The van der Waals surface area contributed by atoms with Crippen molar-refractivity contribution in [3.8, 4) is 11.5 Å². The van der Waals surface area contributed by atoms with Crippen molar-refractivity contribution in [1.29, 1.82) is 0 Å². The molecule has 0 unspecified atom stereocenters. The van der Waals surface area contributed by atoms with Gasteiger partial charge in [0.2, 0.25) is 0 Å². The van der Waals surface area contributed by atoms with Crippen LogP contribution in [0.25, 0.3) is 0 Å². The normalized spacial score (nSPS) is 23.9. The van der Waals surface area contributed by atoms with Crippen molar-refractivity contribution in [1.82, 2.24) is 9.80 Å². The molecule has 0 bridgehead atoms. The van der Waals surface area contributed by atoms with E-state index >= 15 is 0 Å². The van der Waals surface area contributed by atoms with Gasteiger partial charge in [0.05, 0.1) is 20.8 Å². The van der Waals surface area contributed by atoms with E-state index in [-0.39, 0.29) is 0 Å². The molecule has 0 aliphatic carbocycles. The minimum Gasteiger partial charge on any atom is -0.497 e. The summed E-state index contributed by atoms with van der Waals surface area (Å²) < 4.78 is 16.2. The Kier molecular flexibility index (Phi) is 5.87. The summed E-state index contributed by atoms with van der Waals surface area (Å²) in [6.07, 6.45) is 3.83. The number of methoxy groups -OCH3 is 3. The largest absolute Gasteiger partial charge is 0.497 e. The number of ether oxygens (including phenoxy) is 3. The van der Waals surface area contributed by atoms with Gasteiger partial charge in [-0.05, 0) is 62.5 Å². The fourth-order valence-corrected chi connectivity index (χ4v) is 4.52. The Bertz CT molecular complexity index is 548. The zero-order chi connectivity index (χ0) is 17.9. The molecule has 140 valence electrons. The SMILES string of the molecule is COC[C@H]1CC2(CCN(Cc3cc(OC)cc(OC)c3)CC2)CN1C. The van der Waals surface area contributed by atoms with Crippen LogP contribution in [0.1, 0.15) is 24.8 Å². The van der Waals surface area contributed by atoms with Crippen LogP contribution in [0.15, 0.2) is 18.2 Å². The molecule has 2 fully saturated rings. The number of likely N-dealkylation sites (N-methyl/N-ethyl adjacent to an activating group) is 1. The summed E-state index contributed by atoms with van der Waals surface area (Å²) in [5.41, 5.74) is 1.74. The molecule has 1 aromatic carbocycles. The summed E-state index contributed by atoms with van der Waals surface area (Å²) in [4.78, 5) is 5.05. The summed E-state index contributed by atoms with van der Waals surface area (Å²) in [7, 11) is 7.46. The van der Waals surface area contributed by atoms with Gasteiger partial charge < -0.3 is 19.1 Å². The zero-order valence-electron chi connectivity index (χ0n) is 16.1. The molecule has 1 aromatic rings. The maximum absolute atomic E-state index is 5.40. The van der Waals surface area contributed by atoms with E-state index in [1.54, 1.807) is 14.2 Å². The first kappa shape index (κ1) is 18.5. The lowest BCUT2D eigenvalue weighted by Crippen LogP contribution is -2.40. The van der Waals surface area contributed by atoms with Gasteiger partial charge in [-0.15, -0.1) is 0 Å². The molecule has 5 heteroatoms. The molecule has 2 aliphatic rings. The number of hydrogen-bond donors (Lipinski definition) is 0. The molecule has 0 aromatic heterocycles. The van der Waals surface area contributed by atoms with Crippen molar-refractivity contribution in [3.63, 3.8) is 0 Å². The van der Waals surface area contributed by atoms with Crippen molar-refractivity contribution in [2.45, 2.75) is 31.8 Å². The molecule has 5 nitrogen and oxygen atoms in total. The van der Waals surface area contributed by atoms with Crippen LogP contribution in [0.3, 0.4) is 0 Å². The number of nitrogens with zero attached hydrogens (tertiary/aromatic N) is 2. The second-order valence-corrected chi connectivity index (χ2v) is 7.73. The second-order valence-electron chi connectivity index (χ2n) is 7.73. The third kappa shape index (κ3) is 4.27. The number of rotatable bonds is 6. The topological polar surface area (TPSA) is 34.2 Å². The molecule has 2 saturated heterocycles. The Morgan fingerprint density at radius 1 is 1.04 bits per heavy atom. The molecular weight excluding hydrogens is 316 g/mol. The Hall–Kier alpha value is -1.30. The minimum atomic E-state index is 0.487. The van der Waals surface area contributed by atoms with Crippen molar-refractivity contribution >= 4 is 0 Å². The predicted molar refractivity (Wildman–Crippen MR) is 99.4 cm³/mol. The smallest absolute Gasteiger partial charge is 0.122 e. The van der Waals surface area contributed by atoms with Gasteiger partial charge in [0.1, 0.15) is 11.5 Å². The van der Waals surface area contributed by atoms with E-state index in [4.69, 9.17) is 14.2 Å². The number of piperidine rings is 1. The lowest BCUT2D eigenvalue weighted by Gasteiger charge is -2.39. The Labute approximate surface area is 151 Å². The van der Waals surface area contributed by atoms with Gasteiger partial charge in [-0.2, -0.15) is 0 Å². The van der Waals surface area contributed by atoms with Crippen LogP contribution in [0.4, 0.5) is 0 Å². The second kappa shape index (κ2) is 7.94. The summed E-state index contributed by atoms with van der Waals surface area (Å²) in [6, 6.07) is 6.74. The molecule has 1 atom stereocenters. The van der Waals surface area contributed by atoms with Gasteiger partial charge in [-0.3, -0.25) is 4.90 Å². The van der Waals surface area contributed by atoms with Gasteiger partial charge in [0.15, 0.2) is 0 Å². The highest BCUT2D eigenvalue weighted by Crippen LogP contribution is 2.43. The molecule has 0 radical (unpaired) electrons. The summed E-state index contributed by atoms with van der Waals surface area (Å²) in [5, 5.41) is 0. The van der Waals surface area contributed by atoms with E-state index in [0.717, 1.165) is 37.7 Å². The van der Waals surface area contributed by atoms with Crippen LogP contribution in [0, 0.1) is 5.41 Å². The fraction of sp³-hybridized carbons (Fsp3) is 0.700. The lowest BCUT2D eigenvalue weighted by atomic mass is 9.76. The van der Waals surface area contributed by atoms with Crippen molar-refractivity contribution in [3.05, 3.63) is 23.8 Å². The Morgan fingerprint density at radius 3 is 2.24 bits per heavy atom. The van der Waals surface area contributed by atoms with Crippen molar-refractivity contribution in [2.75, 3.05) is 54.6 Å². The average molecular weight is 348 g/mol. The van der Waals surface area contributed by atoms with Crippen LogP contribution in [-0.2, 0) is 11.3 Å². The molecule has 0 amide bonds. The fourth-order valence-electron chi connectivity index (χ4n) is 4.52. The molecule has 1 spiro atoms. The summed E-state index contributed by atoms with van der Waals surface area (Å²) in [6.45, 7) is 5.34. The standard InChI is InChI=1S/C20H32N2O3/c1-21-15-20(12-17(21)14-23-2)5-7-22(8-6-20)13-16-9-18(24-3)11-19(10-16)25-4/h9-11,17H,5-8,12-15H2,1-4H3/t17-/m1/s1. The maximum Gasteiger partial charge on any atom is 0.122 e. The van der Waals surface area contributed by atoms with Gasteiger partial charge in [-0.1, -0.05) is 0 Å². The van der Waals surface area contributed by atoms with E-state index in [1.807, 2.05) is 13.2 Å². The lowest BCUT2D eigenvalue weighted by molar-refractivity contribution is 0.104. The molecule has 0 saturated carbocycles. The van der Waals surface area contributed by atoms with E-state index in [1.165, 1.54) is 31.4 Å². The number of likely N-dealkylation sites (tertiary alicyclic amines) is 2. The quantitative estimate of drug-likeness (QED) is 0.789. The van der Waals surface area contributed by atoms with Crippen LogP contribution in [0.2, 0.25) is 0 Å².